The lowest BCUT2D eigenvalue weighted by atomic mass is 9.83. The van der Waals surface area contributed by atoms with E-state index in [2.05, 4.69) is 29.6 Å². The Hall–Kier alpha value is -2.75. The Kier molecular flexibility index (Phi) is 2.77. The maximum Gasteiger partial charge on any atom is 0.244 e. The Morgan fingerprint density at radius 3 is 2.96 bits per heavy atom. The Labute approximate surface area is 139 Å². The predicted molar refractivity (Wildman–Crippen MR) is 92.5 cm³/mol. The first-order valence-electron chi connectivity index (χ1n) is 8.36. The second-order valence-corrected chi connectivity index (χ2v) is 6.73. The van der Waals surface area contributed by atoms with Crippen LogP contribution in [0.2, 0.25) is 0 Å². The van der Waals surface area contributed by atoms with Crippen LogP contribution in [0.5, 0.6) is 0 Å². The normalized spacial score (nSPS) is 20.4. The number of ether oxygens (including phenoxy) is 1. The third-order valence-corrected chi connectivity index (χ3v) is 5.32. The number of amides is 1. The fraction of sp³-hybridized carbons (Fsp3) is 0.250. The van der Waals surface area contributed by atoms with E-state index in [0.717, 1.165) is 30.6 Å². The average molecular weight is 318 g/mol. The van der Waals surface area contributed by atoms with Crippen LogP contribution in [0, 0.1) is 0 Å². The Bertz CT molecular complexity index is 1010. The number of hydrogen-bond acceptors (Lipinski definition) is 3. The van der Waals surface area contributed by atoms with Gasteiger partial charge in [0.1, 0.15) is 5.76 Å². The molecule has 0 aromatic heterocycles. The summed E-state index contributed by atoms with van der Waals surface area (Å²) in [6.07, 6.45) is 10.00. The van der Waals surface area contributed by atoms with E-state index in [1.165, 1.54) is 32.8 Å². The molecule has 4 aliphatic rings. The monoisotopic (exact) mass is 318 g/mol. The number of carbonyl (C=O) groups excluding carboxylic acids is 1. The van der Waals surface area contributed by atoms with Crippen molar-refractivity contribution in [2.45, 2.75) is 25.7 Å². The van der Waals surface area contributed by atoms with Gasteiger partial charge in [-0.3, -0.25) is 4.79 Å². The van der Waals surface area contributed by atoms with Crippen molar-refractivity contribution in [3.05, 3.63) is 61.9 Å². The van der Waals surface area contributed by atoms with Gasteiger partial charge in [0, 0.05) is 11.1 Å². The number of primary amides is 1. The van der Waals surface area contributed by atoms with Crippen molar-refractivity contribution < 1.29 is 9.53 Å². The average Bonchev–Trinajstić information content (AvgIpc) is 3.06. The van der Waals surface area contributed by atoms with Crippen LogP contribution in [-0.4, -0.2) is 12.6 Å². The lowest BCUT2D eigenvalue weighted by molar-refractivity contribution is -0.114. The van der Waals surface area contributed by atoms with Crippen LogP contribution in [-0.2, 0) is 16.0 Å². The first-order valence-corrected chi connectivity index (χ1v) is 8.36. The van der Waals surface area contributed by atoms with E-state index < -0.39 is 0 Å². The van der Waals surface area contributed by atoms with Gasteiger partial charge in [-0.25, -0.2) is 0 Å². The van der Waals surface area contributed by atoms with Gasteiger partial charge >= 0.3 is 0 Å². The van der Waals surface area contributed by atoms with Gasteiger partial charge in [0.2, 0.25) is 5.91 Å². The third-order valence-electron chi connectivity index (χ3n) is 5.32. The highest BCUT2D eigenvalue weighted by Crippen LogP contribution is 2.36. The Balaban J connectivity index is 1.67. The van der Waals surface area contributed by atoms with E-state index in [1.807, 2.05) is 6.08 Å². The summed E-state index contributed by atoms with van der Waals surface area (Å²) in [5.41, 5.74) is 12.5. The van der Waals surface area contributed by atoms with E-state index in [4.69, 9.17) is 10.5 Å². The van der Waals surface area contributed by atoms with Crippen LogP contribution >= 0.6 is 0 Å². The number of benzene rings is 1. The van der Waals surface area contributed by atoms with Crippen molar-refractivity contribution in [2.24, 2.45) is 5.73 Å². The fourth-order valence-electron chi connectivity index (χ4n) is 4.04. The first kappa shape index (κ1) is 13.7. The molecule has 0 atom stereocenters. The van der Waals surface area contributed by atoms with Gasteiger partial charge in [-0.05, 0) is 65.5 Å². The zero-order valence-electron chi connectivity index (χ0n) is 13.3. The van der Waals surface area contributed by atoms with E-state index in [-0.39, 0.29) is 5.91 Å². The summed E-state index contributed by atoms with van der Waals surface area (Å²) in [6, 6.07) is 4.43. The summed E-state index contributed by atoms with van der Waals surface area (Å²) in [5.74, 6) is 0.690. The summed E-state index contributed by atoms with van der Waals surface area (Å²) >= 11 is 0. The van der Waals surface area contributed by atoms with Crippen LogP contribution in [0.25, 0.3) is 18.2 Å². The van der Waals surface area contributed by atoms with Gasteiger partial charge in [0.05, 0.1) is 5.70 Å². The molecule has 0 unspecified atom stereocenters. The van der Waals surface area contributed by atoms with Gasteiger partial charge in [-0.1, -0.05) is 17.7 Å². The van der Waals surface area contributed by atoms with Crippen molar-refractivity contribution in [1.82, 2.24) is 5.32 Å². The number of nitrogens with one attached hydrogen (secondary N) is 1. The summed E-state index contributed by atoms with van der Waals surface area (Å²) in [7, 11) is 0. The molecule has 1 aromatic carbocycles. The molecule has 0 spiro atoms. The molecule has 4 nitrogen and oxygen atoms in total. The maximum atomic E-state index is 11.5. The number of allylic oxidation sites excluding steroid dienone is 3. The van der Waals surface area contributed by atoms with E-state index >= 15 is 0 Å². The largest absolute Gasteiger partial charge is 0.471 e. The van der Waals surface area contributed by atoms with Crippen molar-refractivity contribution in [3.63, 3.8) is 0 Å². The summed E-state index contributed by atoms with van der Waals surface area (Å²) < 4.78 is 5.80. The van der Waals surface area contributed by atoms with E-state index in [9.17, 15) is 4.79 Å². The minimum atomic E-state index is -0.337. The van der Waals surface area contributed by atoms with E-state index in [1.54, 1.807) is 0 Å². The Morgan fingerprint density at radius 1 is 1.17 bits per heavy atom. The van der Waals surface area contributed by atoms with Crippen LogP contribution in [0.3, 0.4) is 0 Å². The van der Waals surface area contributed by atoms with Crippen LogP contribution in [0.15, 0.2) is 40.3 Å². The third kappa shape index (κ3) is 1.96. The molecule has 0 fully saturated rings. The van der Waals surface area contributed by atoms with Crippen molar-refractivity contribution in [1.29, 1.82) is 0 Å². The predicted octanol–water partition coefficient (Wildman–Crippen LogP) is 0.955. The van der Waals surface area contributed by atoms with Gasteiger partial charge in [-0.2, -0.15) is 0 Å². The van der Waals surface area contributed by atoms with Crippen LogP contribution < -0.4 is 21.5 Å². The van der Waals surface area contributed by atoms with Gasteiger partial charge in [-0.15, -0.1) is 0 Å². The van der Waals surface area contributed by atoms with E-state index in [0.29, 0.717) is 18.7 Å². The highest BCUT2D eigenvalue weighted by Gasteiger charge is 2.27. The highest BCUT2D eigenvalue weighted by molar-refractivity contribution is 5.98. The quantitative estimate of drug-likeness (QED) is 0.810. The number of fused-ring (bicyclic) bond motifs is 3. The maximum absolute atomic E-state index is 11.5. The zero-order valence-corrected chi connectivity index (χ0v) is 13.3. The van der Waals surface area contributed by atoms with Crippen molar-refractivity contribution in [3.8, 4) is 0 Å². The fourth-order valence-corrected chi connectivity index (χ4v) is 4.04. The minimum Gasteiger partial charge on any atom is -0.471 e. The molecule has 1 amide bonds. The lowest BCUT2D eigenvalue weighted by Crippen LogP contribution is -2.26. The molecule has 5 rings (SSSR count). The SMILES string of the molecule is NC(=O)C1=Cc2cc3c(cc2=CC1)CC1=C(C=3)C2=C(CC1)NCO2. The summed E-state index contributed by atoms with van der Waals surface area (Å²) in [6.45, 7) is 0.575. The number of nitrogens with two attached hydrogens (primary N) is 1. The van der Waals surface area contributed by atoms with Crippen LogP contribution in [0.1, 0.15) is 30.4 Å². The molecule has 0 radical (unpaired) electrons. The molecule has 0 bridgehead atoms. The van der Waals surface area contributed by atoms with Gasteiger partial charge in [0.25, 0.3) is 0 Å². The topological polar surface area (TPSA) is 64.4 Å². The molecule has 1 heterocycles. The minimum absolute atomic E-state index is 0.337. The second kappa shape index (κ2) is 4.87. The van der Waals surface area contributed by atoms with Gasteiger partial charge < -0.3 is 15.8 Å². The zero-order chi connectivity index (χ0) is 16.3. The van der Waals surface area contributed by atoms with Crippen LogP contribution in [0.4, 0.5) is 0 Å². The lowest BCUT2D eigenvalue weighted by Gasteiger charge is -2.23. The van der Waals surface area contributed by atoms with Gasteiger partial charge in [0.15, 0.2) is 6.73 Å². The molecule has 24 heavy (non-hydrogen) atoms. The first-order chi connectivity index (χ1) is 11.7. The second-order valence-electron chi connectivity index (χ2n) is 6.73. The molecule has 1 aliphatic heterocycles. The number of rotatable bonds is 1. The highest BCUT2D eigenvalue weighted by atomic mass is 16.5. The standard InChI is InChI=1S/C20H18N2O2/c21-20(23)13-2-1-11-5-15-6-12-3-4-18-19(24-10-22-18)17(12)9-16(15)8-14(11)7-13/h1,5,7-9,22H,2-4,6,10H2,(H2,21,23). The molecule has 0 saturated heterocycles. The smallest absolute Gasteiger partial charge is 0.244 e. The molecule has 3 N–H and O–H groups in total. The molecular formula is C20H18N2O2. The molecule has 4 heteroatoms. The van der Waals surface area contributed by atoms with Crippen molar-refractivity contribution in [2.75, 3.05) is 6.73 Å². The summed E-state index contributed by atoms with van der Waals surface area (Å²) in [5, 5.41) is 5.74. The number of carbonyl (C=O) groups is 1. The molecular weight excluding hydrogens is 300 g/mol. The van der Waals surface area contributed by atoms with Crippen molar-refractivity contribution >= 4 is 24.1 Å². The summed E-state index contributed by atoms with van der Waals surface area (Å²) in [4.78, 5) is 11.5. The molecule has 120 valence electrons. The molecule has 0 saturated carbocycles. The molecule has 1 aromatic rings. The molecule has 3 aliphatic carbocycles. The Morgan fingerprint density at radius 2 is 2.08 bits per heavy atom. The number of hydrogen-bond donors (Lipinski definition) is 2.